The SMILES string of the molecule is COc1cc(C(=O)O[C@@H](C)C(=O)NCCC2=CCCCC2)cc(Cl)c1OC. The maximum absolute atomic E-state index is 12.3. The van der Waals surface area contributed by atoms with Gasteiger partial charge in [0.1, 0.15) is 0 Å². The molecule has 7 heteroatoms. The van der Waals surface area contributed by atoms with E-state index in [1.807, 2.05) is 0 Å². The first-order valence-corrected chi connectivity index (χ1v) is 9.42. The summed E-state index contributed by atoms with van der Waals surface area (Å²) in [6, 6.07) is 2.89. The van der Waals surface area contributed by atoms with Crippen LogP contribution in [-0.2, 0) is 9.53 Å². The van der Waals surface area contributed by atoms with Crippen molar-refractivity contribution < 1.29 is 23.8 Å². The Labute approximate surface area is 164 Å². The Kier molecular flexibility index (Phi) is 7.98. The van der Waals surface area contributed by atoms with Crippen LogP contribution in [0.15, 0.2) is 23.8 Å². The van der Waals surface area contributed by atoms with Crippen molar-refractivity contribution in [1.82, 2.24) is 5.32 Å². The molecule has 0 radical (unpaired) electrons. The summed E-state index contributed by atoms with van der Waals surface area (Å²) in [5.74, 6) is -0.338. The van der Waals surface area contributed by atoms with E-state index in [4.69, 9.17) is 25.8 Å². The molecule has 0 bridgehead atoms. The lowest BCUT2D eigenvalue weighted by molar-refractivity contribution is -0.129. The minimum absolute atomic E-state index is 0.185. The summed E-state index contributed by atoms with van der Waals surface area (Å²) in [6.07, 6.45) is 6.83. The van der Waals surface area contributed by atoms with Crippen molar-refractivity contribution in [2.75, 3.05) is 20.8 Å². The number of allylic oxidation sites excluding steroid dienone is 1. The second-order valence-electron chi connectivity index (χ2n) is 6.39. The summed E-state index contributed by atoms with van der Waals surface area (Å²) in [4.78, 5) is 24.5. The number of esters is 1. The van der Waals surface area contributed by atoms with Crippen LogP contribution in [0.1, 0.15) is 49.4 Å². The maximum atomic E-state index is 12.3. The average molecular weight is 396 g/mol. The highest BCUT2D eigenvalue weighted by atomic mass is 35.5. The van der Waals surface area contributed by atoms with Crippen LogP contribution < -0.4 is 14.8 Å². The number of benzene rings is 1. The summed E-state index contributed by atoms with van der Waals surface area (Å²) in [6.45, 7) is 2.07. The van der Waals surface area contributed by atoms with Gasteiger partial charge in [-0.2, -0.15) is 0 Å². The second kappa shape index (κ2) is 10.2. The lowest BCUT2D eigenvalue weighted by Crippen LogP contribution is -2.36. The van der Waals surface area contributed by atoms with Crippen molar-refractivity contribution in [3.8, 4) is 11.5 Å². The minimum atomic E-state index is -0.912. The molecule has 0 aliphatic heterocycles. The smallest absolute Gasteiger partial charge is 0.339 e. The van der Waals surface area contributed by atoms with E-state index in [1.54, 1.807) is 0 Å². The number of hydrogen-bond donors (Lipinski definition) is 1. The first-order chi connectivity index (χ1) is 13.0. The highest BCUT2D eigenvalue weighted by Gasteiger charge is 2.21. The summed E-state index contributed by atoms with van der Waals surface area (Å²) in [7, 11) is 2.90. The number of rotatable bonds is 8. The number of carbonyl (C=O) groups is 2. The van der Waals surface area contributed by atoms with E-state index < -0.39 is 12.1 Å². The minimum Gasteiger partial charge on any atom is -0.493 e. The zero-order chi connectivity index (χ0) is 19.8. The third kappa shape index (κ3) is 5.89. The Bertz CT molecular complexity index is 717. The van der Waals surface area contributed by atoms with Crippen molar-refractivity contribution in [3.63, 3.8) is 0 Å². The van der Waals surface area contributed by atoms with E-state index in [2.05, 4.69) is 11.4 Å². The van der Waals surface area contributed by atoms with Crippen LogP contribution in [-0.4, -0.2) is 38.7 Å². The molecule has 0 heterocycles. The van der Waals surface area contributed by atoms with Crippen molar-refractivity contribution in [2.45, 2.75) is 45.1 Å². The number of ether oxygens (including phenoxy) is 3. The predicted octanol–water partition coefficient (Wildman–Crippen LogP) is 3.91. The summed E-state index contributed by atoms with van der Waals surface area (Å²) in [5, 5.41) is 3.03. The molecule has 1 amide bonds. The third-order valence-electron chi connectivity index (χ3n) is 4.45. The summed E-state index contributed by atoms with van der Waals surface area (Å²) in [5.41, 5.74) is 1.57. The number of methoxy groups -OCH3 is 2. The monoisotopic (exact) mass is 395 g/mol. The molecule has 0 saturated heterocycles. The largest absolute Gasteiger partial charge is 0.493 e. The predicted molar refractivity (Wildman–Crippen MR) is 104 cm³/mol. The zero-order valence-electron chi connectivity index (χ0n) is 16.0. The van der Waals surface area contributed by atoms with Crippen LogP contribution in [0.2, 0.25) is 5.02 Å². The fourth-order valence-corrected chi connectivity index (χ4v) is 3.23. The van der Waals surface area contributed by atoms with Gasteiger partial charge in [0.2, 0.25) is 0 Å². The van der Waals surface area contributed by atoms with Gasteiger partial charge >= 0.3 is 5.97 Å². The van der Waals surface area contributed by atoms with Crippen LogP contribution in [0.3, 0.4) is 0 Å². The summed E-state index contributed by atoms with van der Waals surface area (Å²) < 4.78 is 15.6. The molecule has 0 aromatic heterocycles. The normalized spacial score (nSPS) is 14.7. The molecule has 0 fully saturated rings. The molecule has 148 valence electrons. The Hall–Kier alpha value is -2.21. The summed E-state index contributed by atoms with van der Waals surface area (Å²) >= 11 is 6.10. The molecule has 2 rings (SSSR count). The van der Waals surface area contributed by atoms with Crippen molar-refractivity contribution in [2.24, 2.45) is 0 Å². The molecule has 1 aliphatic carbocycles. The van der Waals surface area contributed by atoms with E-state index >= 15 is 0 Å². The molecular formula is C20H26ClNO5. The fraction of sp³-hybridized carbons (Fsp3) is 0.500. The topological polar surface area (TPSA) is 73.9 Å². The van der Waals surface area contributed by atoms with Crippen molar-refractivity contribution >= 4 is 23.5 Å². The molecule has 0 unspecified atom stereocenters. The molecule has 1 aromatic rings. The van der Waals surface area contributed by atoms with Crippen molar-refractivity contribution in [3.05, 3.63) is 34.4 Å². The number of halogens is 1. The molecule has 1 atom stereocenters. The van der Waals surface area contributed by atoms with Gasteiger partial charge in [-0.15, -0.1) is 0 Å². The van der Waals surface area contributed by atoms with Gasteiger partial charge in [-0.25, -0.2) is 4.79 Å². The highest BCUT2D eigenvalue weighted by molar-refractivity contribution is 6.32. The van der Waals surface area contributed by atoms with Crippen LogP contribution in [0.5, 0.6) is 11.5 Å². The van der Waals surface area contributed by atoms with E-state index in [0.29, 0.717) is 18.0 Å². The van der Waals surface area contributed by atoms with Gasteiger partial charge in [0, 0.05) is 6.54 Å². The molecule has 1 aromatic carbocycles. The van der Waals surface area contributed by atoms with E-state index in [1.165, 1.54) is 51.7 Å². The van der Waals surface area contributed by atoms with Gasteiger partial charge in [0.15, 0.2) is 17.6 Å². The molecule has 0 spiro atoms. The van der Waals surface area contributed by atoms with Gasteiger partial charge in [-0.1, -0.05) is 23.3 Å². The van der Waals surface area contributed by atoms with Crippen molar-refractivity contribution in [1.29, 1.82) is 0 Å². The molecule has 0 saturated carbocycles. The molecular weight excluding hydrogens is 370 g/mol. The Morgan fingerprint density at radius 2 is 2.00 bits per heavy atom. The number of hydrogen-bond acceptors (Lipinski definition) is 5. The first kappa shape index (κ1) is 21.1. The van der Waals surface area contributed by atoms with Crippen LogP contribution >= 0.6 is 11.6 Å². The Morgan fingerprint density at radius 1 is 1.22 bits per heavy atom. The number of carbonyl (C=O) groups excluding carboxylic acids is 2. The van der Waals surface area contributed by atoms with E-state index in [9.17, 15) is 9.59 Å². The van der Waals surface area contributed by atoms with Gasteiger partial charge < -0.3 is 19.5 Å². The standard InChI is InChI=1S/C20H26ClNO5/c1-13(19(23)22-10-9-14-7-5-4-6-8-14)27-20(24)15-11-16(21)18(26-3)17(12-15)25-2/h7,11-13H,4-6,8-10H2,1-3H3,(H,22,23)/t13-/m0/s1. The third-order valence-corrected chi connectivity index (χ3v) is 4.73. The molecule has 27 heavy (non-hydrogen) atoms. The van der Waals surface area contributed by atoms with Gasteiger partial charge in [-0.05, 0) is 51.2 Å². The average Bonchev–Trinajstić information content (AvgIpc) is 2.67. The van der Waals surface area contributed by atoms with Crippen LogP contribution in [0.25, 0.3) is 0 Å². The molecule has 6 nitrogen and oxygen atoms in total. The Balaban J connectivity index is 1.89. The molecule has 1 N–H and O–H groups in total. The quantitative estimate of drug-likeness (QED) is 0.533. The fourth-order valence-electron chi connectivity index (χ4n) is 2.94. The highest BCUT2D eigenvalue weighted by Crippen LogP contribution is 2.36. The first-order valence-electron chi connectivity index (χ1n) is 9.04. The van der Waals surface area contributed by atoms with Gasteiger partial charge in [0.05, 0.1) is 24.8 Å². The van der Waals surface area contributed by atoms with Crippen LogP contribution in [0, 0.1) is 0 Å². The van der Waals surface area contributed by atoms with Gasteiger partial charge in [-0.3, -0.25) is 4.79 Å². The number of amides is 1. The lowest BCUT2D eigenvalue weighted by Gasteiger charge is -2.16. The molecule has 1 aliphatic rings. The lowest BCUT2D eigenvalue weighted by atomic mass is 9.97. The maximum Gasteiger partial charge on any atom is 0.339 e. The number of nitrogens with one attached hydrogen (secondary N) is 1. The zero-order valence-corrected chi connectivity index (χ0v) is 16.7. The second-order valence-corrected chi connectivity index (χ2v) is 6.80. The van der Waals surface area contributed by atoms with Crippen LogP contribution in [0.4, 0.5) is 0 Å². The van der Waals surface area contributed by atoms with E-state index in [0.717, 1.165) is 19.3 Å². The van der Waals surface area contributed by atoms with Gasteiger partial charge in [0.25, 0.3) is 5.91 Å². The Morgan fingerprint density at radius 3 is 2.63 bits per heavy atom. The van der Waals surface area contributed by atoms with E-state index in [-0.39, 0.29) is 16.5 Å².